The summed E-state index contributed by atoms with van der Waals surface area (Å²) < 4.78 is 27.3. The number of carbonyl (C=O) groups is 1. The van der Waals surface area contributed by atoms with Crippen molar-refractivity contribution in [3.05, 3.63) is 71.4 Å². The molecular formula is C22H22F2N2O2. The summed E-state index contributed by atoms with van der Waals surface area (Å²) in [6.07, 6.45) is 1.79. The highest BCUT2D eigenvalue weighted by Crippen LogP contribution is 2.35. The number of nitrogens with one attached hydrogen (secondary N) is 1. The number of amides is 1. The van der Waals surface area contributed by atoms with Gasteiger partial charge in [0.2, 0.25) is 5.91 Å². The fraction of sp³-hybridized carbons (Fsp3) is 0.273. The molecule has 1 unspecified atom stereocenters. The summed E-state index contributed by atoms with van der Waals surface area (Å²) in [6.45, 7) is 5.78. The minimum Gasteiger partial charge on any atom is -0.505 e. The minimum atomic E-state index is -1.02. The minimum absolute atomic E-state index is 0.108. The van der Waals surface area contributed by atoms with Gasteiger partial charge in [-0.2, -0.15) is 0 Å². The highest BCUT2D eigenvalue weighted by atomic mass is 19.2. The maximum absolute atomic E-state index is 13.9. The third kappa shape index (κ3) is 4.27. The van der Waals surface area contributed by atoms with E-state index in [1.807, 2.05) is 20.8 Å². The SMILES string of the molecule is CC(C)(C)CC(=O)NC(c1ccc(F)c(F)c1)c1ccc2cccnc2c1O. The van der Waals surface area contributed by atoms with Crippen molar-refractivity contribution in [1.82, 2.24) is 10.3 Å². The molecule has 0 saturated heterocycles. The predicted octanol–water partition coefficient (Wildman–Crippen LogP) is 4.86. The van der Waals surface area contributed by atoms with Gasteiger partial charge in [0.05, 0.1) is 6.04 Å². The molecule has 2 aromatic carbocycles. The maximum Gasteiger partial charge on any atom is 0.221 e. The number of pyridine rings is 1. The second-order valence-electron chi connectivity index (χ2n) is 7.99. The molecule has 0 fully saturated rings. The largest absolute Gasteiger partial charge is 0.505 e. The van der Waals surface area contributed by atoms with Crippen LogP contribution in [0.15, 0.2) is 48.7 Å². The molecule has 1 amide bonds. The first-order valence-electron chi connectivity index (χ1n) is 8.96. The second kappa shape index (κ2) is 7.54. The number of aromatic hydroxyl groups is 1. The zero-order valence-electron chi connectivity index (χ0n) is 16.0. The number of halogens is 2. The van der Waals surface area contributed by atoms with E-state index in [0.717, 1.165) is 17.5 Å². The Bertz CT molecular complexity index is 1030. The van der Waals surface area contributed by atoms with Crippen LogP contribution in [0.5, 0.6) is 5.75 Å². The molecule has 1 heterocycles. The van der Waals surface area contributed by atoms with E-state index >= 15 is 0 Å². The molecule has 0 aliphatic rings. The Labute approximate surface area is 162 Å². The number of phenols is 1. The normalized spacial score (nSPS) is 12.8. The van der Waals surface area contributed by atoms with Gasteiger partial charge in [-0.3, -0.25) is 9.78 Å². The fourth-order valence-electron chi connectivity index (χ4n) is 3.10. The van der Waals surface area contributed by atoms with Gasteiger partial charge in [0, 0.05) is 23.6 Å². The number of fused-ring (bicyclic) bond motifs is 1. The summed E-state index contributed by atoms with van der Waals surface area (Å²) in [5.41, 5.74) is 0.805. The number of carbonyl (C=O) groups excluding carboxylic acids is 1. The van der Waals surface area contributed by atoms with Gasteiger partial charge in [-0.25, -0.2) is 8.78 Å². The average molecular weight is 384 g/mol. The van der Waals surface area contributed by atoms with Crippen molar-refractivity contribution in [3.8, 4) is 5.75 Å². The van der Waals surface area contributed by atoms with Crippen molar-refractivity contribution < 1.29 is 18.7 Å². The van der Waals surface area contributed by atoms with Gasteiger partial charge >= 0.3 is 0 Å². The van der Waals surface area contributed by atoms with E-state index in [1.54, 1.807) is 30.5 Å². The summed E-state index contributed by atoms with van der Waals surface area (Å²) in [4.78, 5) is 16.8. The van der Waals surface area contributed by atoms with Crippen LogP contribution in [0.1, 0.15) is 44.4 Å². The number of hydrogen-bond donors (Lipinski definition) is 2. The molecule has 146 valence electrons. The van der Waals surface area contributed by atoms with Crippen LogP contribution in [0.4, 0.5) is 8.78 Å². The van der Waals surface area contributed by atoms with Gasteiger partial charge in [-0.1, -0.05) is 45.0 Å². The molecule has 0 bridgehead atoms. The highest BCUT2D eigenvalue weighted by molar-refractivity contribution is 5.86. The van der Waals surface area contributed by atoms with Crippen LogP contribution in [0.3, 0.4) is 0 Å². The van der Waals surface area contributed by atoms with E-state index in [2.05, 4.69) is 10.3 Å². The molecule has 3 rings (SSSR count). The number of benzene rings is 2. The van der Waals surface area contributed by atoms with Crippen LogP contribution >= 0.6 is 0 Å². The van der Waals surface area contributed by atoms with Gasteiger partial charge in [0.25, 0.3) is 0 Å². The lowest BCUT2D eigenvalue weighted by molar-refractivity contribution is -0.123. The number of nitrogens with zero attached hydrogens (tertiary/aromatic N) is 1. The molecule has 3 aromatic rings. The summed E-state index contributed by atoms with van der Waals surface area (Å²) >= 11 is 0. The molecule has 4 nitrogen and oxygen atoms in total. The zero-order valence-corrected chi connectivity index (χ0v) is 16.0. The molecule has 28 heavy (non-hydrogen) atoms. The molecule has 0 aliphatic carbocycles. The van der Waals surface area contributed by atoms with E-state index in [0.29, 0.717) is 16.6 Å². The first kappa shape index (κ1) is 19.7. The zero-order chi connectivity index (χ0) is 20.5. The standard InChI is InChI=1S/C22H22F2N2O2/c1-22(2,3)12-18(27)26-19(14-7-9-16(23)17(24)11-14)15-8-6-13-5-4-10-25-20(13)21(15)28/h4-11,19,28H,12H2,1-3H3,(H,26,27). The molecule has 0 aliphatic heterocycles. The number of rotatable bonds is 4. The molecule has 0 saturated carbocycles. The van der Waals surface area contributed by atoms with E-state index < -0.39 is 17.7 Å². The smallest absolute Gasteiger partial charge is 0.221 e. The first-order chi connectivity index (χ1) is 13.2. The first-order valence-corrected chi connectivity index (χ1v) is 8.96. The van der Waals surface area contributed by atoms with Gasteiger partial charge in [0.15, 0.2) is 11.6 Å². The number of hydrogen-bond acceptors (Lipinski definition) is 3. The van der Waals surface area contributed by atoms with Crippen LogP contribution in [-0.2, 0) is 4.79 Å². The molecule has 6 heteroatoms. The lowest BCUT2D eigenvalue weighted by atomic mass is 9.90. The number of phenolic OH excluding ortho intramolecular Hbond substituents is 1. The van der Waals surface area contributed by atoms with Crippen molar-refractivity contribution >= 4 is 16.8 Å². The maximum atomic E-state index is 13.9. The molecule has 0 radical (unpaired) electrons. The lowest BCUT2D eigenvalue weighted by Gasteiger charge is -2.24. The monoisotopic (exact) mass is 384 g/mol. The lowest BCUT2D eigenvalue weighted by Crippen LogP contribution is -2.32. The van der Waals surface area contributed by atoms with Gasteiger partial charge in [-0.15, -0.1) is 0 Å². The van der Waals surface area contributed by atoms with Crippen LogP contribution < -0.4 is 5.32 Å². The van der Waals surface area contributed by atoms with Crippen molar-refractivity contribution in [2.24, 2.45) is 5.41 Å². The molecule has 1 aromatic heterocycles. The van der Waals surface area contributed by atoms with Crippen LogP contribution in [0, 0.1) is 17.0 Å². The Morgan fingerprint density at radius 1 is 1.14 bits per heavy atom. The average Bonchev–Trinajstić information content (AvgIpc) is 2.62. The van der Waals surface area contributed by atoms with Gasteiger partial charge < -0.3 is 10.4 Å². The summed E-state index contributed by atoms with van der Waals surface area (Å²) in [6, 6.07) is 9.54. The number of aromatic nitrogens is 1. The van der Waals surface area contributed by atoms with Crippen LogP contribution in [0.2, 0.25) is 0 Å². The van der Waals surface area contributed by atoms with Crippen LogP contribution in [-0.4, -0.2) is 16.0 Å². The van der Waals surface area contributed by atoms with E-state index in [9.17, 15) is 18.7 Å². The van der Waals surface area contributed by atoms with Crippen molar-refractivity contribution in [2.45, 2.75) is 33.2 Å². The predicted molar refractivity (Wildman–Crippen MR) is 104 cm³/mol. The summed E-state index contributed by atoms with van der Waals surface area (Å²) in [5.74, 6) is -2.37. The van der Waals surface area contributed by atoms with Crippen LogP contribution in [0.25, 0.3) is 10.9 Å². The Morgan fingerprint density at radius 3 is 2.57 bits per heavy atom. The Balaban J connectivity index is 2.09. The topological polar surface area (TPSA) is 62.2 Å². The van der Waals surface area contributed by atoms with E-state index in [-0.39, 0.29) is 23.5 Å². The quantitative estimate of drug-likeness (QED) is 0.675. The molecular weight excluding hydrogens is 362 g/mol. The Morgan fingerprint density at radius 2 is 1.89 bits per heavy atom. The Kier molecular flexibility index (Phi) is 5.31. The van der Waals surface area contributed by atoms with Gasteiger partial charge in [0.1, 0.15) is 11.3 Å². The van der Waals surface area contributed by atoms with Crippen molar-refractivity contribution in [2.75, 3.05) is 0 Å². The molecule has 2 N–H and O–H groups in total. The van der Waals surface area contributed by atoms with Crippen molar-refractivity contribution in [3.63, 3.8) is 0 Å². The van der Waals surface area contributed by atoms with E-state index in [4.69, 9.17) is 0 Å². The third-order valence-electron chi connectivity index (χ3n) is 4.36. The van der Waals surface area contributed by atoms with Gasteiger partial charge in [-0.05, 0) is 29.2 Å². The fourth-order valence-corrected chi connectivity index (χ4v) is 3.10. The molecule has 1 atom stereocenters. The second-order valence-corrected chi connectivity index (χ2v) is 7.99. The van der Waals surface area contributed by atoms with E-state index in [1.165, 1.54) is 6.07 Å². The summed E-state index contributed by atoms with van der Waals surface area (Å²) in [5, 5.41) is 14.3. The summed E-state index contributed by atoms with van der Waals surface area (Å²) in [7, 11) is 0. The Hall–Kier alpha value is -3.02. The third-order valence-corrected chi connectivity index (χ3v) is 4.36. The highest BCUT2D eigenvalue weighted by Gasteiger charge is 2.25. The van der Waals surface area contributed by atoms with Crippen molar-refractivity contribution in [1.29, 1.82) is 0 Å². The molecule has 0 spiro atoms.